The first-order valence-corrected chi connectivity index (χ1v) is 5.01. The van der Waals surface area contributed by atoms with Crippen LogP contribution in [-0.2, 0) is 0 Å². The van der Waals surface area contributed by atoms with Crippen molar-refractivity contribution in [1.82, 2.24) is 0 Å². The summed E-state index contributed by atoms with van der Waals surface area (Å²) in [6.07, 6.45) is 0. The molecule has 14 heavy (non-hydrogen) atoms. The fourth-order valence-electron chi connectivity index (χ4n) is 1.93. The highest BCUT2D eigenvalue weighted by Crippen LogP contribution is 2.30. The SMILES string of the molecule is CC1CNc2ccc(N)cc2N(C)C1. The van der Waals surface area contributed by atoms with Gasteiger partial charge in [0.05, 0.1) is 11.4 Å². The zero-order chi connectivity index (χ0) is 10.1. The minimum atomic E-state index is 0.661. The first-order valence-electron chi connectivity index (χ1n) is 5.01. The molecule has 1 aromatic rings. The van der Waals surface area contributed by atoms with Crippen molar-refractivity contribution in [2.45, 2.75) is 6.92 Å². The van der Waals surface area contributed by atoms with Gasteiger partial charge in [0.2, 0.25) is 0 Å². The first kappa shape index (κ1) is 9.19. The Hall–Kier alpha value is -1.38. The summed E-state index contributed by atoms with van der Waals surface area (Å²) in [5.41, 5.74) is 8.99. The van der Waals surface area contributed by atoms with E-state index >= 15 is 0 Å². The van der Waals surface area contributed by atoms with Crippen molar-refractivity contribution in [2.24, 2.45) is 5.92 Å². The molecule has 0 fully saturated rings. The number of anilines is 3. The molecule has 1 atom stereocenters. The largest absolute Gasteiger partial charge is 0.399 e. The summed E-state index contributed by atoms with van der Waals surface area (Å²) in [6.45, 7) is 4.35. The highest BCUT2D eigenvalue weighted by molar-refractivity contribution is 5.74. The number of nitrogen functional groups attached to an aromatic ring is 1. The molecule has 2 rings (SSSR count). The molecule has 3 nitrogen and oxygen atoms in total. The van der Waals surface area contributed by atoms with Gasteiger partial charge in [-0.3, -0.25) is 0 Å². The average Bonchev–Trinajstić information content (AvgIpc) is 2.27. The molecular formula is C11H17N3. The molecule has 0 bridgehead atoms. The summed E-state index contributed by atoms with van der Waals surface area (Å²) in [4.78, 5) is 2.26. The maximum absolute atomic E-state index is 5.78. The number of benzene rings is 1. The average molecular weight is 191 g/mol. The van der Waals surface area contributed by atoms with Gasteiger partial charge in [0.1, 0.15) is 0 Å². The Labute approximate surface area is 84.9 Å². The first-order chi connectivity index (χ1) is 6.66. The van der Waals surface area contributed by atoms with Crippen molar-refractivity contribution in [3.63, 3.8) is 0 Å². The number of hydrogen-bond acceptors (Lipinski definition) is 3. The van der Waals surface area contributed by atoms with Gasteiger partial charge in [-0.05, 0) is 24.1 Å². The summed E-state index contributed by atoms with van der Waals surface area (Å²) in [6, 6.07) is 6.02. The minimum Gasteiger partial charge on any atom is -0.399 e. The number of nitrogens with two attached hydrogens (primary N) is 1. The van der Waals surface area contributed by atoms with E-state index in [4.69, 9.17) is 5.73 Å². The molecule has 3 N–H and O–H groups in total. The van der Waals surface area contributed by atoms with Crippen molar-refractivity contribution in [3.8, 4) is 0 Å². The lowest BCUT2D eigenvalue weighted by atomic mass is 10.2. The molecule has 0 spiro atoms. The fourth-order valence-corrected chi connectivity index (χ4v) is 1.93. The Balaban J connectivity index is 2.39. The van der Waals surface area contributed by atoms with Gasteiger partial charge < -0.3 is 16.0 Å². The lowest BCUT2D eigenvalue weighted by Gasteiger charge is -2.20. The topological polar surface area (TPSA) is 41.3 Å². The van der Waals surface area contributed by atoms with E-state index in [2.05, 4.69) is 30.3 Å². The second-order valence-corrected chi connectivity index (χ2v) is 4.14. The smallest absolute Gasteiger partial charge is 0.0620 e. The molecule has 0 saturated heterocycles. The van der Waals surface area contributed by atoms with Crippen LogP contribution in [-0.4, -0.2) is 20.1 Å². The lowest BCUT2D eigenvalue weighted by Crippen LogP contribution is -2.24. The van der Waals surface area contributed by atoms with Crippen LogP contribution in [0.15, 0.2) is 18.2 Å². The maximum atomic E-state index is 5.78. The number of hydrogen-bond donors (Lipinski definition) is 2. The third-order valence-corrected chi connectivity index (χ3v) is 2.66. The molecule has 0 radical (unpaired) electrons. The molecule has 0 aliphatic carbocycles. The normalized spacial score (nSPS) is 21.0. The molecule has 0 amide bonds. The molecule has 0 saturated carbocycles. The Bertz CT molecular complexity index is 335. The standard InChI is InChI=1S/C11H17N3/c1-8-6-13-10-4-3-9(12)5-11(10)14(2)7-8/h3-5,8,13H,6-7,12H2,1-2H3. The van der Waals surface area contributed by atoms with E-state index in [9.17, 15) is 0 Å². The summed E-state index contributed by atoms with van der Waals surface area (Å²) >= 11 is 0. The summed E-state index contributed by atoms with van der Waals surface area (Å²) < 4.78 is 0. The molecule has 1 unspecified atom stereocenters. The van der Waals surface area contributed by atoms with Gasteiger partial charge in [-0.1, -0.05) is 6.92 Å². The van der Waals surface area contributed by atoms with Crippen LogP contribution in [0.3, 0.4) is 0 Å². The summed E-state index contributed by atoms with van der Waals surface area (Å²) in [5.74, 6) is 0.661. The minimum absolute atomic E-state index is 0.661. The zero-order valence-corrected chi connectivity index (χ0v) is 8.75. The molecule has 3 heteroatoms. The third-order valence-electron chi connectivity index (χ3n) is 2.66. The van der Waals surface area contributed by atoms with Gasteiger partial charge >= 0.3 is 0 Å². The number of fused-ring (bicyclic) bond motifs is 1. The molecule has 1 aliphatic rings. The summed E-state index contributed by atoms with van der Waals surface area (Å²) in [5, 5.41) is 3.44. The van der Waals surface area contributed by atoms with Crippen molar-refractivity contribution in [1.29, 1.82) is 0 Å². The number of rotatable bonds is 0. The second kappa shape index (κ2) is 3.40. The zero-order valence-electron chi connectivity index (χ0n) is 8.75. The third kappa shape index (κ3) is 1.62. The Morgan fingerprint density at radius 3 is 3.07 bits per heavy atom. The molecular weight excluding hydrogens is 174 g/mol. The van der Waals surface area contributed by atoms with Crippen LogP contribution >= 0.6 is 0 Å². The number of nitrogens with one attached hydrogen (secondary N) is 1. The van der Waals surface area contributed by atoms with Crippen LogP contribution in [0.5, 0.6) is 0 Å². The van der Waals surface area contributed by atoms with Gasteiger partial charge in [0, 0.05) is 25.8 Å². The molecule has 1 aliphatic heterocycles. The van der Waals surface area contributed by atoms with E-state index in [0.717, 1.165) is 18.8 Å². The van der Waals surface area contributed by atoms with Gasteiger partial charge in [0.15, 0.2) is 0 Å². The van der Waals surface area contributed by atoms with E-state index in [-0.39, 0.29) is 0 Å². The van der Waals surface area contributed by atoms with E-state index in [0.29, 0.717) is 5.92 Å². The van der Waals surface area contributed by atoms with Crippen LogP contribution < -0.4 is 16.0 Å². The van der Waals surface area contributed by atoms with Crippen LogP contribution in [0.4, 0.5) is 17.1 Å². The van der Waals surface area contributed by atoms with Gasteiger partial charge in [0.25, 0.3) is 0 Å². The lowest BCUT2D eigenvalue weighted by molar-refractivity contribution is 0.618. The Morgan fingerprint density at radius 2 is 2.29 bits per heavy atom. The Kier molecular flexibility index (Phi) is 2.23. The highest BCUT2D eigenvalue weighted by atomic mass is 15.1. The molecule has 1 heterocycles. The van der Waals surface area contributed by atoms with Crippen molar-refractivity contribution in [2.75, 3.05) is 36.1 Å². The van der Waals surface area contributed by atoms with Crippen molar-refractivity contribution < 1.29 is 0 Å². The van der Waals surface area contributed by atoms with Gasteiger partial charge in [-0.25, -0.2) is 0 Å². The van der Waals surface area contributed by atoms with E-state index < -0.39 is 0 Å². The van der Waals surface area contributed by atoms with E-state index in [1.54, 1.807) is 0 Å². The summed E-state index contributed by atoms with van der Waals surface area (Å²) in [7, 11) is 2.11. The molecule has 76 valence electrons. The van der Waals surface area contributed by atoms with Crippen LogP contribution in [0.2, 0.25) is 0 Å². The highest BCUT2D eigenvalue weighted by Gasteiger charge is 2.15. The van der Waals surface area contributed by atoms with Crippen molar-refractivity contribution >= 4 is 17.1 Å². The predicted octanol–water partition coefficient (Wildman–Crippen LogP) is 1.77. The quantitative estimate of drug-likeness (QED) is 0.614. The molecule has 0 aromatic heterocycles. The van der Waals surface area contributed by atoms with Crippen molar-refractivity contribution in [3.05, 3.63) is 18.2 Å². The van der Waals surface area contributed by atoms with E-state index in [1.807, 2.05) is 12.1 Å². The predicted molar refractivity (Wildman–Crippen MR) is 61.8 cm³/mol. The van der Waals surface area contributed by atoms with Crippen LogP contribution in [0, 0.1) is 5.92 Å². The van der Waals surface area contributed by atoms with Gasteiger partial charge in [-0.15, -0.1) is 0 Å². The van der Waals surface area contributed by atoms with E-state index in [1.165, 1.54) is 11.4 Å². The Morgan fingerprint density at radius 1 is 1.50 bits per heavy atom. The second-order valence-electron chi connectivity index (χ2n) is 4.14. The fraction of sp³-hybridized carbons (Fsp3) is 0.455. The monoisotopic (exact) mass is 191 g/mol. The maximum Gasteiger partial charge on any atom is 0.0620 e. The van der Waals surface area contributed by atoms with Gasteiger partial charge in [-0.2, -0.15) is 0 Å². The molecule has 1 aromatic carbocycles. The van der Waals surface area contributed by atoms with Crippen LogP contribution in [0.1, 0.15) is 6.92 Å². The van der Waals surface area contributed by atoms with Crippen LogP contribution in [0.25, 0.3) is 0 Å². The number of nitrogens with zero attached hydrogens (tertiary/aromatic N) is 1.